The molecule has 0 amide bonds. The Hall–Kier alpha value is -0.0400. The Bertz CT molecular complexity index is 225. The minimum absolute atomic E-state index is 0.824. The van der Waals surface area contributed by atoms with Gasteiger partial charge in [0.1, 0.15) is 0 Å². The summed E-state index contributed by atoms with van der Waals surface area (Å²) in [5.74, 6) is 0. The van der Waals surface area contributed by atoms with Crippen molar-refractivity contribution in [2.75, 3.05) is 6.54 Å². The molecule has 2 saturated heterocycles. The first-order valence-electron chi connectivity index (χ1n) is 6.61. The number of hydrogen-bond acceptors (Lipinski definition) is 1. The van der Waals surface area contributed by atoms with E-state index < -0.39 is 0 Å². The molecule has 0 aromatic carbocycles. The molecule has 0 radical (unpaired) electrons. The van der Waals surface area contributed by atoms with E-state index in [9.17, 15) is 0 Å². The highest BCUT2D eigenvalue weighted by Gasteiger charge is 2.62. The molecule has 3 aliphatic rings. The Kier molecular flexibility index (Phi) is 2.12. The van der Waals surface area contributed by atoms with Gasteiger partial charge >= 0.3 is 0 Å². The van der Waals surface area contributed by atoms with Gasteiger partial charge in [0.2, 0.25) is 0 Å². The van der Waals surface area contributed by atoms with Crippen LogP contribution in [0.3, 0.4) is 0 Å². The topological polar surface area (TPSA) is 3.24 Å². The normalized spacial score (nSPS) is 51.6. The lowest BCUT2D eigenvalue weighted by Crippen LogP contribution is -2.33. The van der Waals surface area contributed by atoms with E-state index in [1.807, 2.05) is 0 Å². The molecule has 2 bridgehead atoms. The zero-order valence-corrected chi connectivity index (χ0v) is 9.47. The first-order chi connectivity index (χ1) is 6.86. The maximum absolute atomic E-state index is 2.87. The molecule has 80 valence electrons. The number of hydrogen-bond donors (Lipinski definition) is 0. The lowest BCUT2D eigenvalue weighted by molar-refractivity contribution is 0.207. The summed E-state index contributed by atoms with van der Waals surface area (Å²) in [6.45, 7) is 3.78. The van der Waals surface area contributed by atoms with E-state index in [-0.39, 0.29) is 0 Å². The molecule has 2 aliphatic heterocycles. The first-order valence-corrected chi connectivity index (χ1v) is 6.61. The molecule has 1 nitrogen and oxygen atoms in total. The monoisotopic (exact) mass is 193 g/mol. The van der Waals surface area contributed by atoms with Crippen LogP contribution in [0.15, 0.2) is 0 Å². The SMILES string of the molecule is CC[C@@H]1C[C@]23CCCCCCN1[C@@H]2C3. The van der Waals surface area contributed by atoms with Gasteiger partial charge in [0.15, 0.2) is 0 Å². The van der Waals surface area contributed by atoms with Gasteiger partial charge < -0.3 is 0 Å². The Balaban J connectivity index is 1.77. The Morgan fingerprint density at radius 3 is 2.86 bits per heavy atom. The highest BCUT2D eigenvalue weighted by molar-refractivity contribution is 5.16. The Morgan fingerprint density at radius 2 is 2.00 bits per heavy atom. The van der Waals surface area contributed by atoms with Crippen molar-refractivity contribution in [3.8, 4) is 0 Å². The van der Waals surface area contributed by atoms with Gasteiger partial charge in [-0.2, -0.15) is 0 Å². The van der Waals surface area contributed by atoms with Crippen LogP contribution >= 0.6 is 0 Å². The van der Waals surface area contributed by atoms with Crippen LogP contribution in [0.25, 0.3) is 0 Å². The second-order valence-electron chi connectivity index (χ2n) is 5.75. The van der Waals surface area contributed by atoms with Crippen LogP contribution < -0.4 is 0 Å². The van der Waals surface area contributed by atoms with Crippen molar-refractivity contribution in [1.82, 2.24) is 4.90 Å². The molecular weight excluding hydrogens is 170 g/mol. The van der Waals surface area contributed by atoms with Gasteiger partial charge in [-0.15, -0.1) is 0 Å². The molecule has 2 heterocycles. The summed E-state index contributed by atoms with van der Waals surface area (Å²) >= 11 is 0. The summed E-state index contributed by atoms with van der Waals surface area (Å²) in [7, 11) is 0. The predicted molar refractivity (Wildman–Crippen MR) is 59.3 cm³/mol. The summed E-state index contributed by atoms with van der Waals surface area (Å²) in [6.07, 6.45) is 12.0. The van der Waals surface area contributed by atoms with Crippen molar-refractivity contribution in [1.29, 1.82) is 0 Å². The van der Waals surface area contributed by atoms with Crippen molar-refractivity contribution in [3.05, 3.63) is 0 Å². The van der Waals surface area contributed by atoms with Crippen LogP contribution in [0.4, 0.5) is 0 Å². The van der Waals surface area contributed by atoms with Gasteiger partial charge in [0.25, 0.3) is 0 Å². The van der Waals surface area contributed by atoms with E-state index >= 15 is 0 Å². The third kappa shape index (κ3) is 1.25. The second kappa shape index (κ2) is 3.23. The van der Waals surface area contributed by atoms with Crippen molar-refractivity contribution in [3.63, 3.8) is 0 Å². The Morgan fingerprint density at radius 1 is 1.14 bits per heavy atom. The summed E-state index contributed by atoms with van der Waals surface area (Å²) in [6, 6.07) is 1.97. The summed E-state index contributed by atoms with van der Waals surface area (Å²) in [5, 5.41) is 0. The van der Waals surface area contributed by atoms with E-state index in [4.69, 9.17) is 0 Å². The van der Waals surface area contributed by atoms with Gasteiger partial charge in [-0.1, -0.05) is 26.2 Å². The minimum Gasteiger partial charge on any atom is -0.297 e. The van der Waals surface area contributed by atoms with Crippen LogP contribution in [-0.2, 0) is 0 Å². The number of rotatable bonds is 1. The zero-order chi connectivity index (χ0) is 9.60. The molecule has 14 heavy (non-hydrogen) atoms. The third-order valence-electron chi connectivity index (χ3n) is 4.97. The maximum Gasteiger partial charge on any atom is 0.0162 e. The van der Waals surface area contributed by atoms with Crippen LogP contribution in [0.2, 0.25) is 0 Å². The van der Waals surface area contributed by atoms with Crippen LogP contribution in [0.1, 0.15) is 58.3 Å². The van der Waals surface area contributed by atoms with Crippen molar-refractivity contribution < 1.29 is 0 Å². The van der Waals surface area contributed by atoms with Gasteiger partial charge in [0, 0.05) is 12.1 Å². The highest BCUT2D eigenvalue weighted by Crippen LogP contribution is 2.63. The average molecular weight is 193 g/mol. The summed E-state index contributed by atoms with van der Waals surface area (Å²) in [4.78, 5) is 2.87. The average Bonchev–Trinajstić information content (AvgIpc) is 2.82. The van der Waals surface area contributed by atoms with E-state index in [2.05, 4.69) is 11.8 Å². The molecule has 0 aromatic rings. The number of nitrogens with zero attached hydrogens (tertiary/aromatic N) is 1. The fraction of sp³-hybridized carbons (Fsp3) is 1.00. The lowest BCUT2D eigenvalue weighted by Gasteiger charge is -2.26. The molecule has 0 aromatic heterocycles. The third-order valence-corrected chi connectivity index (χ3v) is 4.97. The van der Waals surface area contributed by atoms with E-state index in [1.165, 1.54) is 45.1 Å². The van der Waals surface area contributed by atoms with E-state index in [0.29, 0.717) is 0 Å². The van der Waals surface area contributed by atoms with Gasteiger partial charge in [0.05, 0.1) is 0 Å². The molecule has 1 unspecified atom stereocenters. The highest BCUT2D eigenvalue weighted by atomic mass is 15.3. The number of piperidine rings is 1. The van der Waals surface area contributed by atoms with Gasteiger partial charge in [-0.25, -0.2) is 0 Å². The molecular formula is C13H23N. The van der Waals surface area contributed by atoms with E-state index in [0.717, 1.165) is 17.5 Å². The van der Waals surface area contributed by atoms with Crippen LogP contribution in [-0.4, -0.2) is 23.5 Å². The fourth-order valence-corrected chi connectivity index (χ4v) is 4.07. The first kappa shape index (κ1) is 9.21. The van der Waals surface area contributed by atoms with E-state index in [1.54, 1.807) is 12.8 Å². The molecule has 1 aliphatic carbocycles. The standard InChI is InChI=1S/C13H23N/c1-2-11-9-13-7-5-3-4-6-8-14(11)12(13)10-13/h11-12H,2-10H2,1H3/t11-,12-,13+/m1/s1. The fourth-order valence-electron chi connectivity index (χ4n) is 4.07. The molecule has 3 rings (SSSR count). The second-order valence-corrected chi connectivity index (χ2v) is 5.75. The zero-order valence-electron chi connectivity index (χ0n) is 9.47. The lowest BCUT2D eigenvalue weighted by atomic mass is 9.91. The largest absolute Gasteiger partial charge is 0.297 e. The van der Waals surface area contributed by atoms with Gasteiger partial charge in [-0.05, 0) is 44.1 Å². The molecule has 3 fully saturated rings. The molecule has 0 spiro atoms. The van der Waals surface area contributed by atoms with Gasteiger partial charge in [-0.3, -0.25) is 4.90 Å². The summed E-state index contributed by atoms with van der Waals surface area (Å²) < 4.78 is 0. The maximum atomic E-state index is 2.87. The minimum atomic E-state index is 0.824. The molecule has 1 heteroatoms. The summed E-state index contributed by atoms with van der Waals surface area (Å²) in [5.41, 5.74) is 0.824. The molecule has 1 saturated carbocycles. The van der Waals surface area contributed by atoms with Crippen LogP contribution in [0, 0.1) is 5.41 Å². The van der Waals surface area contributed by atoms with Crippen molar-refractivity contribution in [2.45, 2.75) is 70.4 Å². The molecule has 4 atom stereocenters. The smallest absolute Gasteiger partial charge is 0.0162 e. The predicted octanol–water partition coefficient (Wildman–Crippen LogP) is 3.19. The van der Waals surface area contributed by atoms with Crippen molar-refractivity contribution >= 4 is 0 Å². The quantitative estimate of drug-likeness (QED) is 0.618. The molecule has 0 N–H and O–H groups in total. The van der Waals surface area contributed by atoms with Crippen LogP contribution in [0.5, 0.6) is 0 Å². The Labute approximate surface area is 87.9 Å². The van der Waals surface area contributed by atoms with Crippen molar-refractivity contribution in [2.24, 2.45) is 5.41 Å².